The van der Waals surface area contributed by atoms with E-state index in [-0.39, 0.29) is 27.4 Å². The lowest BCUT2D eigenvalue weighted by atomic mass is 9.81. The maximum atomic E-state index is 14.1. The predicted molar refractivity (Wildman–Crippen MR) is 181 cm³/mol. The first-order valence-corrected chi connectivity index (χ1v) is 17.8. The Labute approximate surface area is 283 Å². The van der Waals surface area contributed by atoms with E-state index in [4.69, 9.17) is 5.14 Å². The van der Waals surface area contributed by atoms with Gasteiger partial charge in [0.25, 0.3) is 5.69 Å². The number of aromatic nitrogens is 1. The molecule has 3 aromatic carbocycles. The number of fused-ring (bicyclic) bond motifs is 2. The Morgan fingerprint density at radius 1 is 0.958 bits per heavy atom. The molecule has 13 nitrogen and oxygen atoms in total. The van der Waals surface area contributed by atoms with E-state index in [0.717, 1.165) is 39.1 Å². The molecule has 2 aliphatic heterocycles. The highest BCUT2D eigenvalue weighted by molar-refractivity contribution is 8.00. The number of nitrogens with two attached hydrogens (primary N) is 1. The molecule has 4 aromatic rings. The number of primary sulfonamides is 1. The third kappa shape index (κ3) is 6.07. The van der Waals surface area contributed by atoms with Gasteiger partial charge in [0.15, 0.2) is 0 Å². The Kier molecular flexibility index (Phi) is 8.39. The lowest BCUT2D eigenvalue weighted by Crippen LogP contribution is -2.33. The Bertz CT molecular complexity index is 2140. The molecule has 3 N–H and O–H groups in total. The van der Waals surface area contributed by atoms with Crippen molar-refractivity contribution in [3.63, 3.8) is 0 Å². The molecule has 0 spiro atoms. The number of hydrogen-bond donors (Lipinski definition) is 2. The van der Waals surface area contributed by atoms with Gasteiger partial charge in [-0.25, -0.2) is 18.5 Å². The van der Waals surface area contributed by atoms with Crippen molar-refractivity contribution in [2.45, 2.75) is 53.8 Å². The van der Waals surface area contributed by atoms with Crippen molar-refractivity contribution in [1.82, 2.24) is 4.57 Å². The fraction of sp³-hybridized carbons (Fsp3) is 0.250. The number of thioether (sulfide) groups is 1. The number of imide groups is 1. The highest BCUT2D eigenvalue weighted by Crippen LogP contribution is 2.54. The van der Waals surface area contributed by atoms with Gasteiger partial charge in [-0.15, -0.1) is 0 Å². The van der Waals surface area contributed by atoms with Crippen LogP contribution in [-0.4, -0.2) is 40.9 Å². The first-order valence-electron chi connectivity index (χ1n) is 14.6. The number of sulfonamides is 1. The minimum atomic E-state index is -3.93. The molecule has 0 aliphatic carbocycles. The summed E-state index contributed by atoms with van der Waals surface area (Å²) < 4.78 is 24.4. The minimum Gasteiger partial charge on any atom is -0.325 e. The van der Waals surface area contributed by atoms with Gasteiger partial charge in [0.1, 0.15) is 11.8 Å². The van der Waals surface area contributed by atoms with Gasteiger partial charge < -0.3 is 5.32 Å². The number of thiazole rings is 1. The van der Waals surface area contributed by atoms with Crippen LogP contribution in [0.25, 0.3) is 0 Å². The van der Waals surface area contributed by atoms with Gasteiger partial charge in [-0.05, 0) is 52.9 Å². The number of nitro groups is 1. The molecule has 1 fully saturated rings. The number of carbonyl (C=O) groups is 3. The second kappa shape index (κ2) is 12.1. The lowest BCUT2D eigenvalue weighted by Gasteiger charge is -2.31. The summed E-state index contributed by atoms with van der Waals surface area (Å²) in [5.41, 5.74) is 1.91. The van der Waals surface area contributed by atoms with Crippen LogP contribution in [0.2, 0.25) is 0 Å². The van der Waals surface area contributed by atoms with Gasteiger partial charge in [0.05, 0.1) is 26.5 Å². The number of amides is 3. The number of benzene rings is 3. The third-order valence-corrected chi connectivity index (χ3v) is 11.8. The molecule has 0 radical (unpaired) electrons. The van der Waals surface area contributed by atoms with Gasteiger partial charge in [0, 0.05) is 28.6 Å². The maximum absolute atomic E-state index is 14.1. The smallest absolute Gasteiger partial charge is 0.308 e. The van der Waals surface area contributed by atoms with E-state index in [0.29, 0.717) is 9.90 Å². The molecule has 2 aliphatic rings. The van der Waals surface area contributed by atoms with Crippen LogP contribution in [0.15, 0.2) is 87.5 Å². The van der Waals surface area contributed by atoms with E-state index in [1.807, 2.05) is 24.3 Å². The van der Waals surface area contributed by atoms with Crippen LogP contribution in [0.3, 0.4) is 0 Å². The van der Waals surface area contributed by atoms with Crippen molar-refractivity contribution >= 4 is 67.9 Å². The summed E-state index contributed by atoms with van der Waals surface area (Å²) in [6, 6.07) is 18.1. The number of nitro benzene ring substituents is 1. The second-order valence-electron chi connectivity index (χ2n) is 12.4. The van der Waals surface area contributed by atoms with Gasteiger partial charge in [-0.1, -0.05) is 68.1 Å². The van der Waals surface area contributed by atoms with Crippen molar-refractivity contribution in [2.24, 2.45) is 11.1 Å². The fourth-order valence-corrected chi connectivity index (χ4v) is 9.14. The van der Waals surface area contributed by atoms with E-state index in [1.165, 1.54) is 53.1 Å². The summed E-state index contributed by atoms with van der Waals surface area (Å²) in [6.07, 6.45) is 0. The van der Waals surface area contributed by atoms with Crippen LogP contribution in [0.5, 0.6) is 0 Å². The van der Waals surface area contributed by atoms with E-state index in [1.54, 1.807) is 0 Å². The summed E-state index contributed by atoms with van der Waals surface area (Å²) >= 11 is 1.95. The van der Waals surface area contributed by atoms with Crippen molar-refractivity contribution in [3.05, 3.63) is 109 Å². The highest BCUT2D eigenvalue weighted by Gasteiger charge is 2.57. The Morgan fingerprint density at radius 2 is 1.58 bits per heavy atom. The molecule has 0 unspecified atom stereocenters. The van der Waals surface area contributed by atoms with Crippen LogP contribution < -0.4 is 20.2 Å². The number of rotatable bonds is 7. The molecule has 6 rings (SSSR count). The summed E-state index contributed by atoms with van der Waals surface area (Å²) in [5, 5.41) is 18.4. The number of carbonyl (C=O) groups excluding carboxylic acids is 3. The molecule has 3 amide bonds. The van der Waals surface area contributed by atoms with Gasteiger partial charge in [-0.2, -0.15) is 0 Å². The lowest BCUT2D eigenvalue weighted by molar-refractivity contribution is -0.384. The SMILES string of the molecule is CC(C)(C)c1ccc([C@@H]2c3sc(=O)n(CC(=O)Nc4ccc(S(N)(=O)=O)cc4)c3S[C@@H]3C(=O)N(c4ccc([N+](=O)[O-])cc4)C(=O)[C@H]23)cc1. The molecule has 0 bridgehead atoms. The van der Waals surface area contributed by atoms with Crippen LogP contribution in [0.1, 0.15) is 42.7 Å². The van der Waals surface area contributed by atoms with Gasteiger partial charge in [-0.3, -0.25) is 33.9 Å². The van der Waals surface area contributed by atoms with Crippen molar-refractivity contribution in [3.8, 4) is 0 Å². The molecule has 248 valence electrons. The quantitative estimate of drug-likeness (QED) is 0.161. The fourth-order valence-electron chi connectivity index (χ4n) is 5.85. The van der Waals surface area contributed by atoms with Gasteiger partial charge >= 0.3 is 4.87 Å². The zero-order valence-electron chi connectivity index (χ0n) is 25.8. The minimum absolute atomic E-state index is 0.130. The Balaban J connectivity index is 1.38. The molecular weight excluding hydrogens is 679 g/mol. The zero-order valence-corrected chi connectivity index (χ0v) is 28.2. The largest absolute Gasteiger partial charge is 0.325 e. The molecule has 3 atom stereocenters. The summed E-state index contributed by atoms with van der Waals surface area (Å²) in [7, 11) is -3.93. The zero-order chi connectivity index (χ0) is 34.7. The topological polar surface area (TPSA) is 192 Å². The predicted octanol–water partition coefficient (Wildman–Crippen LogP) is 4.20. The molecular formula is C32H29N5O8S3. The van der Waals surface area contributed by atoms with Crippen LogP contribution in [0, 0.1) is 16.0 Å². The molecule has 3 heterocycles. The van der Waals surface area contributed by atoms with E-state index in [9.17, 15) is 37.7 Å². The molecule has 48 heavy (non-hydrogen) atoms. The number of non-ortho nitro benzene ring substituents is 1. The average Bonchev–Trinajstić information content (AvgIpc) is 3.46. The summed E-state index contributed by atoms with van der Waals surface area (Å²) in [6.45, 7) is 5.80. The monoisotopic (exact) mass is 707 g/mol. The van der Waals surface area contributed by atoms with E-state index >= 15 is 0 Å². The summed E-state index contributed by atoms with van der Waals surface area (Å²) in [4.78, 5) is 66.3. The Morgan fingerprint density at radius 3 is 2.15 bits per heavy atom. The first kappa shape index (κ1) is 33.3. The highest BCUT2D eigenvalue weighted by atomic mass is 32.2. The standard InChI is InChI=1S/C32H29N5O8S3/c1-32(2,3)18-6-4-17(5-7-18)24-25-26(29(40)36(28(25)39)20-10-12-21(13-11-20)37(42)43)46-30-27(24)47-31(41)35(30)16-23(38)34-19-8-14-22(15-9-19)48(33,44)45/h4-15,24-26H,16H2,1-3H3,(H,34,38)(H2,33,44,45)/t24-,25+,26-/m0/s1. The maximum Gasteiger partial charge on any atom is 0.308 e. The first-order chi connectivity index (χ1) is 22.5. The van der Waals surface area contributed by atoms with Crippen molar-refractivity contribution in [1.29, 1.82) is 0 Å². The van der Waals surface area contributed by atoms with Gasteiger partial charge in [0.2, 0.25) is 27.7 Å². The van der Waals surface area contributed by atoms with Crippen LogP contribution >= 0.6 is 23.1 Å². The molecule has 16 heteroatoms. The molecule has 0 saturated carbocycles. The van der Waals surface area contributed by atoms with Crippen molar-refractivity contribution < 1.29 is 27.7 Å². The van der Waals surface area contributed by atoms with Crippen molar-refractivity contribution in [2.75, 3.05) is 10.2 Å². The van der Waals surface area contributed by atoms with Crippen LogP contribution in [0.4, 0.5) is 17.1 Å². The third-order valence-electron chi connectivity index (χ3n) is 8.27. The number of anilines is 2. The molecule has 1 aromatic heterocycles. The second-order valence-corrected chi connectivity index (χ2v) is 16.1. The number of hydrogen-bond acceptors (Lipinski definition) is 10. The number of nitrogens with zero attached hydrogens (tertiary/aromatic N) is 3. The van der Waals surface area contributed by atoms with E-state index in [2.05, 4.69) is 26.1 Å². The number of nitrogens with one attached hydrogen (secondary N) is 1. The Hall–Kier alpha value is -4.64. The average molecular weight is 708 g/mol. The van der Waals surface area contributed by atoms with E-state index < -0.39 is 61.2 Å². The van der Waals surface area contributed by atoms with Crippen LogP contribution in [-0.2, 0) is 36.4 Å². The normalized spacial score (nSPS) is 19.2. The molecule has 1 saturated heterocycles. The summed E-state index contributed by atoms with van der Waals surface area (Å²) in [5.74, 6) is -3.17.